The van der Waals surface area contributed by atoms with Crippen LogP contribution in [0, 0.1) is 0 Å². The van der Waals surface area contributed by atoms with Gasteiger partial charge in [-0.1, -0.05) is 66.7 Å². The van der Waals surface area contributed by atoms with E-state index in [1.807, 2.05) is 52.5 Å². The van der Waals surface area contributed by atoms with Crippen molar-refractivity contribution in [1.82, 2.24) is 0 Å². The van der Waals surface area contributed by atoms with E-state index in [1.165, 1.54) is 12.1 Å². The molecule has 0 bridgehead atoms. The highest BCUT2D eigenvalue weighted by molar-refractivity contribution is 7.85. The summed E-state index contributed by atoms with van der Waals surface area (Å²) in [5.41, 5.74) is 9.70. The molecule has 0 fully saturated rings. The highest BCUT2D eigenvalue weighted by atomic mass is 32.2. The van der Waals surface area contributed by atoms with Gasteiger partial charge >= 0.3 is 0 Å². The highest BCUT2D eigenvalue weighted by Gasteiger charge is 2.16. The van der Waals surface area contributed by atoms with E-state index in [0.717, 1.165) is 50.5 Å². The summed E-state index contributed by atoms with van der Waals surface area (Å²) in [6.07, 6.45) is 8.62. The molecule has 0 saturated carbocycles. The Morgan fingerprint density at radius 3 is 1.77 bits per heavy atom. The van der Waals surface area contributed by atoms with E-state index in [2.05, 4.69) is 99.3 Å². The smallest absolute Gasteiger partial charge is 0.294 e. The van der Waals surface area contributed by atoms with Gasteiger partial charge < -0.3 is 9.80 Å². The van der Waals surface area contributed by atoms with Crippen LogP contribution in [-0.4, -0.2) is 51.4 Å². The Morgan fingerprint density at radius 1 is 0.682 bits per heavy atom. The van der Waals surface area contributed by atoms with E-state index >= 15 is 0 Å². The highest BCUT2D eigenvalue weighted by Crippen LogP contribution is 2.32. The van der Waals surface area contributed by atoms with Crippen molar-refractivity contribution in [2.24, 2.45) is 0 Å². The van der Waals surface area contributed by atoms with Gasteiger partial charge in [-0.3, -0.25) is 4.55 Å². The van der Waals surface area contributed by atoms with Gasteiger partial charge in [0.15, 0.2) is 5.71 Å². The zero-order valence-electron chi connectivity index (χ0n) is 25.6. The van der Waals surface area contributed by atoms with Crippen LogP contribution in [-0.2, 0) is 23.2 Å². The Bertz CT molecular complexity index is 1830. The first-order valence-electron chi connectivity index (χ1n) is 14.5. The predicted octanol–water partition coefficient (Wildman–Crippen LogP) is 6.85. The number of benzene rings is 4. The summed E-state index contributed by atoms with van der Waals surface area (Å²) in [5.74, 6) is 0. The number of hydrogen-bond donors (Lipinski definition) is 1. The topological polar surface area (TPSA) is 63.9 Å². The summed E-state index contributed by atoms with van der Waals surface area (Å²) in [6, 6.07) is 33.8. The van der Waals surface area contributed by atoms with Crippen LogP contribution < -0.4 is 9.80 Å². The van der Waals surface area contributed by atoms with E-state index in [1.54, 1.807) is 6.07 Å². The standard InChI is InChI=1S/C37H37N3O3S/c1-38(2)33-19-13-30(14-20-33)37(31-15-21-34(22-16-31)39(3)4)32-17-23-35(24-18-32)40(26-28-9-6-5-7-10-28)27-29-11-8-12-36(25-29)44(41,42)43/h5-25H,26-27H2,1-4H3/p+1. The van der Waals surface area contributed by atoms with Gasteiger partial charge in [0.25, 0.3) is 10.1 Å². The zero-order valence-corrected chi connectivity index (χ0v) is 26.4. The molecule has 0 heterocycles. The van der Waals surface area contributed by atoms with Crippen molar-refractivity contribution in [3.05, 3.63) is 155 Å². The summed E-state index contributed by atoms with van der Waals surface area (Å²) in [5, 5.41) is 0. The summed E-state index contributed by atoms with van der Waals surface area (Å²) < 4.78 is 35.3. The summed E-state index contributed by atoms with van der Waals surface area (Å²) in [7, 11) is 3.87. The molecule has 44 heavy (non-hydrogen) atoms. The second kappa shape index (κ2) is 13.3. The van der Waals surface area contributed by atoms with Crippen molar-refractivity contribution in [2.45, 2.75) is 18.0 Å². The fraction of sp³-hybridized carbons (Fsp3) is 0.162. The first-order chi connectivity index (χ1) is 21.1. The summed E-state index contributed by atoms with van der Waals surface area (Å²) in [4.78, 5) is 4.20. The van der Waals surface area contributed by atoms with Crippen molar-refractivity contribution in [2.75, 3.05) is 38.0 Å². The van der Waals surface area contributed by atoms with Crippen molar-refractivity contribution in [1.29, 1.82) is 0 Å². The molecule has 4 aromatic rings. The van der Waals surface area contributed by atoms with Crippen molar-refractivity contribution < 1.29 is 17.5 Å². The van der Waals surface area contributed by atoms with E-state index in [4.69, 9.17) is 0 Å². The minimum absolute atomic E-state index is 0.107. The average molecular weight is 605 g/mol. The van der Waals surface area contributed by atoms with Gasteiger partial charge in [0, 0.05) is 50.7 Å². The molecule has 0 aliphatic heterocycles. The SMILES string of the molecule is CN(C)c1ccc(C(=C2C=CC(=[N+](C)C)C=C2)c2ccc(N(Cc3ccccc3)Cc3cccc(S(=O)(=O)O)c3)cc2)cc1. The van der Waals surface area contributed by atoms with Crippen LogP contribution in [0.5, 0.6) is 0 Å². The van der Waals surface area contributed by atoms with Gasteiger partial charge in [-0.2, -0.15) is 8.42 Å². The second-order valence-corrected chi connectivity index (χ2v) is 12.7. The summed E-state index contributed by atoms with van der Waals surface area (Å²) in [6.45, 7) is 1.09. The fourth-order valence-electron chi connectivity index (χ4n) is 5.26. The van der Waals surface area contributed by atoms with E-state index in [-0.39, 0.29) is 4.90 Å². The van der Waals surface area contributed by atoms with Gasteiger partial charge in [0.1, 0.15) is 14.1 Å². The lowest BCUT2D eigenvalue weighted by molar-refractivity contribution is -0.462. The molecular weight excluding hydrogens is 566 g/mol. The lowest BCUT2D eigenvalue weighted by Crippen LogP contribution is -2.22. The van der Waals surface area contributed by atoms with Gasteiger partial charge in [-0.25, -0.2) is 4.58 Å². The molecule has 7 heteroatoms. The van der Waals surface area contributed by atoms with Crippen LogP contribution in [0.25, 0.3) is 5.57 Å². The minimum atomic E-state index is -4.29. The molecule has 5 rings (SSSR count). The summed E-state index contributed by atoms with van der Waals surface area (Å²) >= 11 is 0. The van der Waals surface area contributed by atoms with Gasteiger partial charge in [0.05, 0.1) is 4.90 Å². The van der Waals surface area contributed by atoms with E-state index in [9.17, 15) is 13.0 Å². The van der Waals surface area contributed by atoms with Gasteiger partial charge in [-0.05, 0) is 82.0 Å². The molecule has 0 unspecified atom stereocenters. The third-order valence-corrected chi connectivity index (χ3v) is 8.50. The van der Waals surface area contributed by atoms with Crippen LogP contribution in [0.3, 0.4) is 0 Å². The Labute approximate surface area is 261 Å². The molecule has 0 saturated heterocycles. The Morgan fingerprint density at radius 2 is 1.23 bits per heavy atom. The zero-order chi connectivity index (χ0) is 31.3. The molecule has 0 amide bonds. The van der Waals surface area contributed by atoms with Gasteiger partial charge in [-0.15, -0.1) is 0 Å². The molecule has 4 aromatic carbocycles. The molecule has 0 radical (unpaired) electrons. The van der Waals surface area contributed by atoms with Crippen molar-refractivity contribution in [3.63, 3.8) is 0 Å². The number of nitrogens with zero attached hydrogens (tertiary/aromatic N) is 3. The molecule has 1 N–H and O–H groups in total. The van der Waals surface area contributed by atoms with Crippen LogP contribution in [0.4, 0.5) is 11.4 Å². The third kappa shape index (κ3) is 7.43. The molecule has 1 aliphatic rings. The second-order valence-electron chi connectivity index (χ2n) is 11.3. The van der Waals surface area contributed by atoms with Crippen LogP contribution in [0.15, 0.2) is 138 Å². The number of hydrogen-bond acceptors (Lipinski definition) is 4. The Balaban J connectivity index is 1.54. The average Bonchev–Trinajstić information content (AvgIpc) is 3.02. The number of anilines is 2. The molecule has 0 aromatic heterocycles. The minimum Gasteiger partial charge on any atom is -0.378 e. The first kappa shape index (κ1) is 30.7. The predicted molar refractivity (Wildman–Crippen MR) is 181 cm³/mol. The lowest BCUT2D eigenvalue weighted by atomic mass is 9.90. The number of allylic oxidation sites excluding steroid dienone is 5. The Kier molecular flexibility index (Phi) is 9.28. The van der Waals surface area contributed by atoms with Crippen molar-refractivity contribution in [3.8, 4) is 0 Å². The fourth-order valence-corrected chi connectivity index (χ4v) is 5.81. The maximum atomic E-state index is 11.8. The molecule has 224 valence electrons. The first-order valence-corrected chi connectivity index (χ1v) is 15.9. The van der Waals surface area contributed by atoms with Crippen molar-refractivity contribution >= 4 is 32.8 Å². The maximum absolute atomic E-state index is 11.8. The van der Waals surface area contributed by atoms with E-state index in [0.29, 0.717) is 13.1 Å². The lowest BCUT2D eigenvalue weighted by Gasteiger charge is -2.26. The largest absolute Gasteiger partial charge is 0.378 e. The number of rotatable bonds is 9. The molecule has 0 spiro atoms. The Hall–Kier alpha value is -4.72. The van der Waals surface area contributed by atoms with E-state index < -0.39 is 10.1 Å². The maximum Gasteiger partial charge on any atom is 0.294 e. The molecule has 0 atom stereocenters. The quantitative estimate of drug-likeness (QED) is 0.167. The normalized spacial score (nSPS) is 12.8. The van der Waals surface area contributed by atoms with Crippen LogP contribution in [0.1, 0.15) is 22.3 Å². The monoisotopic (exact) mass is 604 g/mol. The molecule has 1 aliphatic carbocycles. The molecular formula is C37H38N3O3S+. The third-order valence-electron chi connectivity index (χ3n) is 7.65. The van der Waals surface area contributed by atoms with Crippen LogP contribution >= 0.6 is 0 Å². The van der Waals surface area contributed by atoms with Crippen LogP contribution in [0.2, 0.25) is 0 Å². The van der Waals surface area contributed by atoms with Gasteiger partial charge in [0.2, 0.25) is 0 Å². The molecule has 6 nitrogen and oxygen atoms in total.